The minimum absolute atomic E-state index is 0.337. The lowest BCUT2D eigenvalue weighted by Gasteiger charge is -2.46. The molecule has 0 spiro atoms. The molecule has 5 aliphatic rings. The molecular formula is C24H37FN2. The van der Waals surface area contributed by atoms with E-state index in [1.807, 2.05) is 0 Å². The van der Waals surface area contributed by atoms with Gasteiger partial charge in [-0.15, -0.1) is 0 Å². The van der Waals surface area contributed by atoms with Gasteiger partial charge in [0.05, 0.1) is 12.0 Å². The maximum absolute atomic E-state index is 14.5. The molecule has 5 fully saturated rings. The van der Waals surface area contributed by atoms with Gasteiger partial charge in [0, 0.05) is 6.04 Å². The molecule has 5 aliphatic carbocycles. The Morgan fingerprint density at radius 2 is 1.63 bits per heavy atom. The van der Waals surface area contributed by atoms with E-state index >= 15 is 0 Å². The summed E-state index contributed by atoms with van der Waals surface area (Å²) in [5.41, 5.74) is 6.44. The smallest absolute Gasteiger partial charge is 0.116 e. The summed E-state index contributed by atoms with van der Waals surface area (Å²) in [7, 11) is 0. The second-order valence-electron chi connectivity index (χ2n) is 10.9. The Bertz CT molecular complexity index is 581. The Kier molecular flexibility index (Phi) is 5.00. The molecule has 150 valence electrons. The Hall–Kier alpha value is -0.620. The number of nitrogens with zero attached hydrogens (tertiary/aromatic N) is 1. The second kappa shape index (κ2) is 7.33. The van der Waals surface area contributed by atoms with E-state index in [2.05, 4.69) is 6.07 Å². The Morgan fingerprint density at radius 1 is 0.852 bits per heavy atom. The topological polar surface area (TPSA) is 49.8 Å². The fourth-order valence-electron chi connectivity index (χ4n) is 8.32. The predicted molar refractivity (Wildman–Crippen MR) is 105 cm³/mol. The maximum atomic E-state index is 14.5. The van der Waals surface area contributed by atoms with Crippen LogP contribution in [0.15, 0.2) is 0 Å². The van der Waals surface area contributed by atoms with E-state index in [1.54, 1.807) is 0 Å². The molecule has 0 amide bonds. The van der Waals surface area contributed by atoms with E-state index in [0.717, 1.165) is 54.3 Å². The molecule has 5 saturated carbocycles. The van der Waals surface area contributed by atoms with E-state index in [4.69, 9.17) is 5.73 Å². The molecule has 0 radical (unpaired) electrons. The van der Waals surface area contributed by atoms with Gasteiger partial charge in [-0.2, -0.15) is 5.26 Å². The molecule has 0 aromatic carbocycles. The van der Waals surface area contributed by atoms with Gasteiger partial charge in [0.15, 0.2) is 0 Å². The summed E-state index contributed by atoms with van der Waals surface area (Å²) in [4.78, 5) is 0. The predicted octanol–water partition coefficient (Wildman–Crippen LogP) is 5.47. The van der Waals surface area contributed by atoms with Gasteiger partial charge < -0.3 is 5.73 Å². The molecular weight excluding hydrogens is 335 g/mol. The maximum Gasteiger partial charge on any atom is 0.116 e. The van der Waals surface area contributed by atoms with Crippen molar-refractivity contribution in [3.8, 4) is 6.07 Å². The fraction of sp³-hybridized carbons (Fsp3) is 0.958. The first-order valence-electron chi connectivity index (χ1n) is 11.9. The standard InChI is InChI=1S/C24H37FN2/c25-22-11-15(6-7-18(22)13-26)19-3-1-2-17(24(19)14-4-5-14)10-21-16-8-9-20(21)23(27)12-16/h14-24H,1-12,27H2/t15?,16-,17?,18?,19?,20-,21?,22?,23?,24?/m1/s1. The molecule has 2 nitrogen and oxygen atoms in total. The zero-order valence-electron chi connectivity index (χ0n) is 16.7. The molecule has 0 aromatic heterocycles. The molecule has 2 bridgehead atoms. The highest BCUT2D eigenvalue weighted by molar-refractivity contribution is 5.03. The molecule has 0 aliphatic heterocycles. The molecule has 8 unspecified atom stereocenters. The third-order valence-corrected chi connectivity index (χ3v) is 9.63. The lowest BCUT2D eigenvalue weighted by atomic mass is 9.60. The molecule has 0 aromatic rings. The van der Waals surface area contributed by atoms with E-state index < -0.39 is 6.17 Å². The highest BCUT2D eigenvalue weighted by Crippen LogP contribution is 2.58. The van der Waals surface area contributed by atoms with Crippen LogP contribution in [0.2, 0.25) is 0 Å². The Morgan fingerprint density at radius 3 is 2.26 bits per heavy atom. The third-order valence-electron chi connectivity index (χ3n) is 9.63. The van der Waals surface area contributed by atoms with Gasteiger partial charge in [-0.05, 0) is 112 Å². The zero-order chi connectivity index (χ0) is 18.5. The van der Waals surface area contributed by atoms with Crippen molar-refractivity contribution in [3.05, 3.63) is 0 Å². The number of nitriles is 1. The van der Waals surface area contributed by atoms with Crippen LogP contribution in [0.5, 0.6) is 0 Å². The van der Waals surface area contributed by atoms with Crippen LogP contribution in [-0.4, -0.2) is 12.2 Å². The van der Waals surface area contributed by atoms with Crippen LogP contribution < -0.4 is 5.73 Å². The van der Waals surface area contributed by atoms with Crippen LogP contribution in [0.3, 0.4) is 0 Å². The monoisotopic (exact) mass is 372 g/mol. The number of nitrogens with two attached hydrogens (primary N) is 1. The van der Waals surface area contributed by atoms with Crippen LogP contribution in [0, 0.1) is 64.6 Å². The van der Waals surface area contributed by atoms with E-state index in [0.29, 0.717) is 18.4 Å². The normalized spacial score (nSPS) is 52.6. The number of fused-ring (bicyclic) bond motifs is 2. The number of hydrogen-bond donors (Lipinski definition) is 1. The number of alkyl halides is 1. The summed E-state index contributed by atoms with van der Waals surface area (Å²) in [6.07, 6.45) is 14.1. The van der Waals surface area contributed by atoms with Crippen molar-refractivity contribution in [1.29, 1.82) is 5.26 Å². The number of halogens is 1. The third kappa shape index (κ3) is 3.35. The second-order valence-corrected chi connectivity index (χ2v) is 10.9. The van der Waals surface area contributed by atoms with Crippen molar-refractivity contribution >= 4 is 0 Å². The van der Waals surface area contributed by atoms with Crippen LogP contribution >= 0.6 is 0 Å². The van der Waals surface area contributed by atoms with Gasteiger partial charge in [-0.25, -0.2) is 4.39 Å². The van der Waals surface area contributed by atoms with Gasteiger partial charge in [0.2, 0.25) is 0 Å². The molecule has 2 N–H and O–H groups in total. The van der Waals surface area contributed by atoms with Crippen molar-refractivity contribution < 1.29 is 4.39 Å². The van der Waals surface area contributed by atoms with Gasteiger partial charge in [-0.1, -0.05) is 12.8 Å². The van der Waals surface area contributed by atoms with Crippen LogP contribution in [-0.2, 0) is 0 Å². The van der Waals surface area contributed by atoms with Gasteiger partial charge in [0.25, 0.3) is 0 Å². The van der Waals surface area contributed by atoms with Crippen LogP contribution in [0.25, 0.3) is 0 Å². The summed E-state index contributed by atoms with van der Waals surface area (Å²) in [6.45, 7) is 0. The van der Waals surface area contributed by atoms with E-state index in [9.17, 15) is 9.65 Å². The first-order chi connectivity index (χ1) is 13.2. The lowest BCUT2D eigenvalue weighted by Crippen LogP contribution is -2.39. The average Bonchev–Trinajstić information content (AvgIpc) is 3.39. The van der Waals surface area contributed by atoms with Gasteiger partial charge in [0.1, 0.15) is 6.17 Å². The minimum Gasteiger partial charge on any atom is -0.327 e. The number of hydrogen-bond acceptors (Lipinski definition) is 2. The summed E-state index contributed by atoms with van der Waals surface area (Å²) >= 11 is 0. The van der Waals surface area contributed by atoms with Gasteiger partial charge >= 0.3 is 0 Å². The molecule has 27 heavy (non-hydrogen) atoms. The van der Waals surface area contributed by atoms with Crippen molar-refractivity contribution in [2.45, 2.75) is 89.3 Å². The summed E-state index contributed by atoms with van der Waals surface area (Å²) in [5, 5.41) is 9.19. The van der Waals surface area contributed by atoms with Crippen LogP contribution in [0.4, 0.5) is 4.39 Å². The Labute approximate surface area is 164 Å². The summed E-state index contributed by atoms with van der Waals surface area (Å²) < 4.78 is 14.5. The number of rotatable bonds is 4. The molecule has 10 atom stereocenters. The van der Waals surface area contributed by atoms with Crippen molar-refractivity contribution in [2.75, 3.05) is 0 Å². The van der Waals surface area contributed by atoms with Crippen molar-refractivity contribution in [2.24, 2.45) is 59.0 Å². The molecule has 3 heteroatoms. The van der Waals surface area contributed by atoms with Crippen molar-refractivity contribution in [3.63, 3.8) is 0 Å². The Balaban J connectivity index is 1.30. The first kappa shape index (κ1) is 18.4. The van der Waals surface area contributed by atoms with Gasteiger partial charge in [-0.3, -0.25) is 0 Å². The minimum atomic E-state index is -0.877. The van der Waals surface area contributed by atoms with Crippen LogP contribution in [0.1, 0.15) is 77.0 Å². The van der Waals surface area contributed by atoms with Crippen molar-refractivity contribution in [1.82, 2.24) is 0 Å². The zero-order valence-corrected chi connectivity index (χ0v) is 16.7. The molecule has 5 rings (SSSR count). The largest absolute Gasteiger partial charge is 0.327 e. The summed E-state index contributed by atoms with van der Waals surface area (Å²) in [6, 6.07) is 2.69. The average molecular weight is 373 g/mol. The SMILES string of the molecule is N#CC1CCC(C2CCCC(CC3[C@@H]4CC[C@H]3C(N)C4)C2C2CC2)CC1F. The fourth-order valence-corrected chi connectivity index (χ4v) is 8.32. The highest BCUT2D eigenvalue weighted by Gasteiger charge is 2.51. The lowest BCUT2D eigenvalue weighted by molar-refractivity contribution is 0.0245. The first-order valence-corrected chi connectivity index (χ1v) is 11.9. The summed E-state index contributed by atoms with van der Waals surface area (Å²) in [5.74, 6) is 6.21. The molecule has 0 heterocycles. The highest BCUT2D eigenvalue weighted by atomic mass is 19.1. The molecule has 0 saturated heterocycles. The van der Waals surface area contributed by atoms with E-state index in [-0.39, 0.29) is 5.92 Å². The quantitative estimate of drug-likeness (QED) is 0.711. The van der Waals surface area contributed by atoms with E-state index in [1.165, 1.54) is 57.8 Å².